The van der Waals surface area contributed by atoms with Crippen molar-refractivity contribution in [2.75, 3.05) is 0 Å². The number of carbonyl (C=O) groups excluding carboxylic acids is 3. The van der Waals surface area contributed by atoms with Crippen molar-refractivity contribution in [1.29, 1.82) is 0 Å². The first-order valence-corrected chi connectivity index (χ1v) is 32.0. The number of Topliss-reactive ketones (excluding diaryl/α,β-unsaturated/α-hetero) is 3. The van der Waals surface area contributed by atoms with E-state index in [1.54, 1.807) is 55.5 Å². The van der Waals surface area contributed by atoms with Crippen molar-refractivity contribution in [3.8, 4) is 66.8 Å². The molecule has 3 atom stereocenters. The fourth-order valence-electron chi connectivity index (χ4n) is 11.3. The lowest BCUT2D eigenvalue weighted by Crippen LogP contribution is -2.12. The van der Waals surface area contributed by atoms with Crippen molar-refractivity contribution >= 4 is 52.2 Å². The minimum Gasteiger partial charge on any atom is -0.299 e. The number of benzene rings is 9. The third-order valence-corrected chi connectivity index (χ3v) is 16.8. The summed E-state index contributed by atoms with van der Waals surface area (Å²) in [6.07, 6.45) is -11.5. The number of ketones is 3. The predicted octanol–water partition coefficient (Wildman–Crippen LogP) is 25.8. The lowest BCUT2D eigenvalue weighted by molar-refractivity contribution is -0.138. The molecule has 0 fully saturated rings. The number of hydrogen-bond acceptors (Lipinski definition) is 3. The summed E-state index contributed by atoms with van der Waals surface area (Å²) in [5, 5.41) is 0.938. The normalized spacial score (nSPS) is 12.8. The summed E-state index contributed by atoms with van der Waals surface area (Å²) in [4.78, 5) is 37.3. The van der Waals surface area contributed by atoms with E-state index in [4.69, 9.17) is 34.8 Å². The highest BCUT2D eigenvalue weighted by Crippen LogP contribution is 2.42. The highest BCUT2D eigenvalue weighted by Gasteiger charge is 2.33. The molecule has 0 radical (unpaired) electrons. The van der Waals surface area contributed by atoms with Crippen LogP contribution < -0.4 is 0 Å². The molecule has 0 heterocycles. The van der Waals surface area contributed by atoms with Gasteiger partial charge in [-0.05, 0) is 238 Å². The van der Waals surface area contributed by atoms with Crippen LogP contribution in [0, 0.1) is 41.0 Å². The van der Waals surface area contributed by atoms with Crippen molar-refractivity contribution < 1.29 is 71.5 Å². The maximum Gasteiger partial charge on any atom is 0.416 e. The maximum atomic E-state index is 14.1. The Morgan fingerprint density at radius 3 is 0.804 bits per heavy atom. The zero-order valence-electron chi connectivity index (χ0n) is 54.1. The van der Waals surface area contributed by atoms with Crippen molar-refractivity contribution in [3.63, 3.8) is 0 Å². The Morgan fingerprint density at radius 1 is 0.309 bits per heavy atom. The topological polar surface area (TPSA) is 51.2 Å². The molecule has 0 aromatic heterocycles. The lowest BCUT2D eigenvalue weighted by Gasteiger charge is -2.19. The molecule has 0 saturated carbocycles. The number of rotatable bonds is 18. The summed E-state index contributed by atoms with van der Waals surface area (Å²) in [6, 6.07) is 41.6. The quantitative estimate of drug-likeness (QED) is 0.0635. The Labute approximate surface area is 570 Å². The Kier molecular flexibility index (Phi) is 25.2. The molecule has 3 unspecified atom stereocenters. The Morgan fingerprint density at radius 2 is 0.546 bits per heavy atom. The molecule has 9 rings (SSSR count). The van der Waals surface area contributed by atoms with Gasteiger partial charge >= 0.3 is 18.5 Å². The van der Waals surface area contributed by atoms with Crippen molar-refractivity contribution in [2.45, 2.75) is 118 Å². The van der Waals surface area contributed by atoms with Gasteiger partial charge in [-0.15, -0.1) is 0 Å². The van der Waals surface area contributed by atoms with Crippen molar-refractivity contribution in [1.82, 2.24) is 0 Å². The van der Waals surface area contributed by atoms with E-state index >= 15 is 0 Å². The van der Waals surface area contributed by atoms with E-state index < -0.39 is 64.4 Å². The van der Waals surface area contributed by atoms with Crippen molar-refractivity contribution in [2.24, 2.45) is 17.8 Å². The lowest BCUT2D eigenvalue weighted by atomic mass is 9.84. The van der Waals surface area contributed by atoms with Gasteiger partial charge in [-0.25, -0.2) is 17.6 Å². The number of hydrogen-bond donors (Lipinski definition) is 0. The fraction of sp³-hybridized carbons (Fsp3) is 0.269. The zero-order valence-corrected chi connectivity index (χ0v) is 56.4. The van der Waals surface area contributed by atoms with Gasteiger partial charge in [0.1, 0.15) is 23.2 Å². The summed E-state index contributed by atoms with van der Waals surface area (Å²) in [5.41, 5.74) is 6.47. The summed E-state index contributed by atoms with van der Waals surface area (Å²) in [7, 11) is 0. The smallest absolute Gasteiger partial charge is 0.299 e. The summed E-state index contributed by atoms with van der Waals surface area (Å²) in [6.45, 7) is 16.6. The van der Waals surface area contributed by atoms with Crippen molar-refractivity contribution in [3.05, 3.63) is 248 Å². The van der Waals surface area contributed by atoms with Gasteiger partial charge in [-0.3, -0.25) is 14.4 Å². The molecule has 3 nitrogen and oxygen atoms in total. The van der Waals surface area contributed by atoms with Crippen LogP contribution in [0.2, 0.25) is 15.1 Å². The molecular weight excluding hydrogens is 1340 g/mol. The standard InChI is InChI=1S/C26H23Cl2F3O.C26H23ClF4O.C26H22F6O/c1-15(2)8-25(16(3)32)21-10-18(17-4-6-22(7-5-17)26(29,30)31)9-19(11-21)20-12-23(27)14-24(28)13-20;1-15(2)10-23(16(3)32)21-12-19(17-4-7-22(8-5-17)26(29,30)31)11-20(13-21)18-6-9-24(27)25(28)14-18;1-14(2)8-22(15(3)33)20-10-17(16-4-6-21(7-5-16)26(30,31)32)9-18(11-20)19-12-23(27)25(29)24(28)13-19/h4-7,9-15,25H,8H2,1-3H3;4-9,11-15,23H,10H2,1-3H3;4-7,9-14,22H,8H2,1-3H3. The highest BCUT2D eigenvalue weighted by molar-refractivity contribution is 6.35. The molecule has 0 amide bonds. The van der Waals surface area contributed by atoms with Gasteiger partial charge in [0, 0.05) is 27.8 Å². The molecule has 0 aliphatic carbocycles. The minimum absolute atomic E-state index is 0.00324. The number of alkyl halides is 9. The molecule has 9 aromatic rings. The molecule has 0 aliphatic heterocycles. The number of halogens is 16. The molecule has 0 spiro atoms. The van der Waals surface area contributed by atoms with Crippen LogP contribution in [-0.4, -0.2) is 17.3 Å². The Hall–Kier alpha value is -8.05. The van der Waals surface area contributed by atoms with Crippen LogP contribution in [0.4, 0.5) is 57.1 Å². The maximum absolute atomic E-state index is 14.1. The van der Waals surface area contributed by atoms with E-state index in [0.29, 0.717) is 85.3 Å². The second-order valence-corrected chi connectivity index (χ2v) is 26.5. The molecule has 19 heteroatoms. The van der Waals surface area contributed by atoms with E-state index in [1.807, 2.05) is 71.9 Å². The molecule has 97 heavy (non-hydrogen) atoms. The minimum atomic E-state index is -4.49. The van der Waals surface area contributed by atoms with Gasteiger partial charge in [0.15, 0.2) is 17.5 Å². The first kappa shape index (κ1) is 76.3. The van der Waals surface area contributed by atoms with E-state index in [0.717, 1.165) is 76.3 Å². The summed E-state index contributed by atoms with van der Waals surface area (Å²) in [5.74, 6) is -5.48. The fourth-order valence-corrected chi connectivity index (χ4v) is 11.9. The molecule has 0 aliphatic rings. The zero-order chi connectivity index (χ0) is 71.8. The summed E-state index contributed by atoms with van der Waals surface area (Å²) >= 11 is 18.2. The molecule has 9 aromatic carbocycles. The average molecular weight is 1410 g/mol. The third kappa shape index (κ3) is 20.8. The van der Waals surface area contributed by atoms with Gasteiger partial charge in [0.05, 0.1) is 21.7 Å². The third-order valence-electron chi connectivity index (χ3n) is 16.1. The van der Waals surface area contributed by atoms with Crippen LogP contribution in [0.3, 0.4) is 0 Å². The van der Waals surface area contributed by atoms with Crippen LogP contribution >= 0.6 is 34.8 Å². The van der Waals surface area contributed by atoms with Crippen LogP contribution in [0.5, 0.6) is 0 Å². The van der Waals surface area contributed by atoms with E-state index in [1.165, 1.54) is 62.4 Å². The van der Waals surface area contributed by atoms with E-state index in [2.05, 4.69) is 0 Å². The van der Waals surface area contributed by atoms with Crippen LogP contribution in [0.1, 0.15) is 133 Å². The monoisotopic (exact) mass is 1400 g/mol. The van der Waals surface area contributed by atoms with Crippen LogP contribution in [0.15, 0.2) is 176 Å². The average Bonchev–Trinajstić information content (AvgIpc) is 0.806. The van der Waals surface area contributed by atoms with Gasteiger partial charge in [-0.2, -0.15) is 39.5 Å². The first-order valence-electron chi connectivity index (χ1n) is 30.8. The first-order chi connectivity index (χ1) is 45.2. The largest absolute Gasteiger partial charge is 0.416 e. The molecule has 0 bridgehead atoms. The Balaban J connectivity index is 0.000000205. The van der Waals surface area contributed by atoms with Gasteiger partial charge < -0.3 is 0 Å². The SMILES string of the molecule is CC(=O)C(CC(C)C)c1cc(-c2ccc(C(F)(F)F)cc2)cc(-c2cc(Cl)cc(Cl)c2)c1.CC(=O)C(CC(C)C)c1cc(-c2ccc(C(F)(F)F)cc2)cc(-c2cc(F)c(F)c(F)c2)c1.CC(=O)C(CC(C)C)c1cc(-c2ccc(C(F)(F)F)cc2)cc(-c2ccc(Cl)c(F)c2)c1. The molecule has 0 saturated heterocycles. The predicted molar refractivity (Wildman–Crippen MR) is 360 cm³/mol. The van der Waals surface area contributed by atoms with Gasteiger partial charge in [-0.1, -0.05) is 155 Å². The second kappa shape index (κ2) is 32.1. The Bertz CT molecular complexity index is 4230. The van der Waals surface area contributed by atoms with E-state index in [-0.39, 0.29) is 51.6 Å². The molecule has 510 valence electrons. The van der Waals surface area contributed by atoms with Gasteiger partial charge in [0.2, 0.25) is 0 Å². The number of carbonyl (C=O) groups is 3. The second-order valence-electron chi connectivity index (χ2n) is 25.2. The highest BCUT2D eigenvalue weighted by atomic mass is 35.5. The van der Waals surface area contributed by atoms with E-state index in [9.17, 15) is 71.5 Å². The molecular formula is C78H68Cl3F13O3. The van der Waals surface area contributed by atoms with Gasteiger partial charge in [0.25, 0.3) is 0 Å². The molecule has 0 N–H and O–H groups in total. The van der Waals surface area contributed by atoms with Crippen LogP contribution in [0.25, 0.3) is 66.8 Å². The van der Waals surface area contributed by atoms with Crippen LogP contribution in [-0.2, 0) is 32.9 Å². The summed E-state index contributed by atoms with van der Waals surface area (Å²) < 4.78 is 172.